The van der Waals surface area contributed by atoms with Crippen LogP contribution in [0, 0.1) is 0 Å². The molecule has 0 spiro atoms. The average molecular weight is 190 g/mol. The van der Waals surface area contributed by atoms with E-state index in [1.54, 1.807) is 24.3 Å². The van der Waals surface area contributed by atoms with E-state index in [1.165, 1.54) is 0 Å². The van der Waals surface area contributed by atoms with Crippen LogP contribution >= 0.6 is 0 Å². The van der Waals surface area contributed by atoms with Crippen molar-refractivity contribution >= 4 is 11.5 Å². The minimum Gasteiger partial charge on any atom is -0.330 e. The molecule has 0 heterocycles. The Bertz CT molecular complexity index is 365. The molecular weight excluding hydrogens is 180 g/mol. The Morgan fingerprint density at radius 2 is 2.07 bits per heavy atom. The number of hydrogen-bond acceptors (Lipinski definition) is 3. The third-order valence-corrected chi connectivity index (χ3v) is 1.72. The summed E-state index contributed by atoms with van der Waals surface area (Å²) in [5, 5.41) is 3.40. The molecule has 2 N–H and O–H groups in total. The molecule has 0 aromatic heterocycles. The Kier molecular flexibility index (Phi) is 3.67. The molecule has 0 atom stereocenters. The summed E-state index contributed by atoms with van der Waals surface area (Å²) in [6.07, 6.45) is 0.334. The molecule has 0 fully saturated rings. The number of Topliss-reactive ketones (excluding diaryl/α,β-unsaturated/α-hetero) is 1. The van der Waals surface area contributed by atoms with E-state index in [0.29, 0.717) is 24.2 Å². The number of rotatable bonds is 4. The van der Waals surface area contributed by atoms with E-state index in [9.17, 15) is 4.79 Å². The maximum absolute atomic E-state index is 11.3. The first kappa shape index (κ1) is 10.2. The predicted molar refractivity (Wildman–Crippen MR) is 53.2 cm³/mol. The standard InChI is InChI=1S/C9H10N4O/c10-6-5-9(14)7-1-3-8(4-2-7)12-13-11/h1-4H,5-6,10H2. The molecule has 0 aliphatic heterocycles. The maximum Gasteiger partial charge on any atom is 0.164 e. The van der Waals surface area contributed by atoms with Crippen LogP contribution in [0.5, 0.6) is 0 Å². The van der Waals surface area contributed by atoms with Crippen LogP contribution < -0.4 is 5.73 Å². The molecule has 1 aromatic rings. The van der Waals surface area contributed by atoms with Crippen LogP contribution in [0.25, 0.3) is 10.4 Å². The van der Waals surface area contributed by atoms with Crippen molar-refractivity contribution in [2.24, 2.45) is 10.8 Å². The van der Waals surface area contributed by atoms with Gasteiger partial charge in [-0.2, -0.15) is 0 Å². The van der Waals surface area contributed by atoms with Crippen molar-refractivity contribution in [3.63, 3.8) is 0 Å². The van der Waals surface area contributed by atoms with E-state index in [2.05, 4.69) is 10.0 Å². The Morgan fingerprint density at radius 1 is 1.43 bits per heavy atom. The fourth-order valence-electron chi connectivity index (χ4n) is 1.04. The van der Waals surface area contributed by atoms with Crippen molar-refractivity contribution in [2.45, 2.75) is 6.42 Å². The lowest BCUT2D eigenvalue weighted by molar-refractivity contribution is 0.0985. The van der Waals surface area contributed by atoms with Gasteiger partial charge >= 0.3 is 0 Å². The molecule has 1 aromatic carbocycles. The molecule has 0 saturated carbocycles. The van der Waals surface area contributed by atoms with Gasteiger partial charge < -0.3 is 5.73 Å². The van der Waals surface area contributed by atoms with Crippen molar-refractivity contribution in [2.75, 3.05) is 6.54 Å². The molecule has 0 aliphatic rings. The molecule has 0 unspecified atom stereocenters. The van der Waals surface area contributed by atoms with Crippen LogP contribution in [-0.2, 0) is 0 Å². The minimum absolute atomic E-state index is 0.0000118. The van der Waals surface area contributed by atoms with Crippen molar-refractivity contribution in [3.8, 4) is 0 Å². The lowest BCUT2D eigenvalue weighted by atomic mass is 10.1. The van der Waals surface area contributed by atoms with Gasteiger partial charge in [-0.1, -0.05) is 29.4 Å². The largest absolute Gasteiger partial charge is 0.330 e. The number of nitrogens with two attached hydrogens (primary N) is 1. The third-order valence-electron chi connectivity index (χ3n) is 1.72. The predicted octanol–water partition coefficient (Wildman–Crippen LogP) is 2.16. The van der Waals surface area contributed by atoms with Gasteiger partial charge in [0.05, 0.1) is 0 Å². The van der Waals surface area contributed by atoms with Gasteiger partial charge in [0.1, 0.15) is 0 Å². The highest BCUT2D eigenvalue weighted by molar-refractivity contribution is 5.96. The number of benzene rings is 1. The quantitative estimate of drug-likeness (QED) is 0.341. The zero-order valence-corrected chi connectivity index (χ0v) is 7.55. The number of azide groups is 1. The number of carbonyl (C=O) groups excluding carboxylic acids is 1. The summed E-state index contributed by atoms with van der Waals surface area (Å²) in [5.41, 5.74) is 14.5. The van der Waals surface area contributed by atoms with Gasteiger partial charge in [-0.3, -0.25) is 4.79 Å². The van der Waals surface area contributed by atoms with E-state index < -0.39 is 0 Å². The van der Waals surface area contributed by atoms with Crippen LogP contribution in [0.4, 0.5) is 5.69 Å². The number of carbonyl (C=O) groups is 1. The van der Waals surface area contributed by atoms with Gasteiger partial charge in [0, 0.05) is 22.6 Å². The Morgan fingerprint density at radius 3 is 2.57 bits per heavy atom. The minimum atomic E-state index is -0.0000118. The van der Waals surface area contributed by atoms with Crippen LogP contribution in [0.1, 0.15) is 16.8 Å². The van der Waals surface area contributed by atoms with E-state index in [0.717, 1.165) is 0 Å². The zero-order valence-electron chi connectivity index (χ0n) is 7.55. The highest BCUT2D eigenvalue weighted by Crippen LogP contribution is 2.13. The Hall–Kier alpha value is -1.84. The van der Waals surface area contributed by atoms with Crippen LogP contribution in [0.15, 0.2) is 29.4 Å². The topological polar surface area (TPSA) is 91.9 Å². The highest BCUT2D eigenvalue weighted by Gasteiger charge is 2.03. The molecule has 0 radical (unpaired) electrons. The monoisotopic (exact) mass is 190 g/mol. The summed E-state index contributed by atoms with van der Waals surface area (Å²) >= 11 is 0. The van der Waals surface area contributed by atoms with Crippen LogP contribution in [0.2, 0.25) is 0 Å². The number of ketones is 1. The van der Waals surface area contributed by atoms with Crippen molar-refractivity contribution < 1.29 is 4.79 Å². The summed E-state index contributed by atoms with van der Waals surface area (Å²) in [5.74, 6) is -0.0000118. The fourth-order valence-corrected chi connectivity index (χ4v) is 1.04. The normalized spacial score (nSPS) is 9.21. The molecule has 0 bridgehead atoms. The number of nitrogens with zero attached hydrogens (tertiary/aromatic N) is 3. The van der Waals surface area contributed by atoms with E-state index in [4.69, 9.17) is 11.3 Å². The second kappa shape index (κ2) is 5.01. The van der Waals surface area contributed by atoms with Crippen LogP contribution in [0.3, 0.4) is 0 Å². The molecule has 72 valence electrons. The molecule has 14 heavy (non-hydrogen) atoms. The van der Waals surface area contributed by atoms with Crippen molar-refractivity contribution in [1.82, 2.24) is 0 Å². The summed E-state index contributed by atoms with van der Waals surface area (Å²) in [6.45, 7) is 0.344. The molecule has 0 saturated heterocycles. The van der Waals surface area contributed by atoms with Crippen molar-refractivity contribution in [3.05, 3.63) is 40.3 Å². The summed E-state index contributed by atoms with van der Waals surface area (Å²) < 4.78 is 0. The van der Waals surface area contributed by atoms with Gasteiger partial charge in [-0.15, -0.1) is 0 Å². The lowest BCUT2D eigenvalue weighted by Gasteiger charge is -1.98. The Labute approximate surface area is 81.2 Å². The molecule has 1 rings (SSSR count). The van der Waals surface area contributed by atoms with Crippen LogP contribution in [-0.4, -0.2) is 12.3 Å². The third kappa shape index (κ3) is 2.58. The van der Waals surface area contributed by atoms with E-state index in [-0.39, 0.29) is 5.78 Å². The fraction of sp³-hybridized carbons (Fsp3) is 0.222. The van der Waals surface area contributed by atoms with Gasteiger partial charge in [0.25, 0.3) is 0 Å². The first-order valence-electron chi connectivity index (χ1n) is 4.16. The molecule has 5 nitrogen and oxygen atoms in total. The average Bonchev–Trinajstić information content (AvgIpc) is 2.20. The smallest absolute Gasteiger partial charge is 0.164 e. The van der Waals surface area contributed by atoms with Crippen molar-refractivity contribution in [1.29, 1.82) is 0 Å². The number of hydrogen-bond donors (Lipinski definition) is 1. The summed E-state index contributed by atoms with van der Waals surface area (Å²) in [6, 6.07) is 6.46. The maximum atomic E-state index is 11.3. The molecule has 5 heteroatoms. The molecule has 0 amide bonds. The van der Waals surface area contributed by atoms with Gasteiger partial charge in [0.2, 0.25) is 0 Å². The second-order valence-electron chi connectivity index (χ2n) is 2.70. The second-order valence-corrected chi connectivity index (χ2v) is 2.70. The van der Waals surface area contributed by atoms with Gasteiger partial charge in [-0.05, 0) is 12.1 Å². The van der Waals surface area contributed by atoms with E-state index in [1.807, 2.05) is 0 Å². The SMILES string of the molecule is [N-]=[N+]=Nc1ccc(C(=O)CCN)cc1. The molecule has 0 aliphatic carbocycles. The zero-order chi connectivity index (χ0) is 10.4. The van der Waals surface area contributed by atoms with E-state index >= 15 is 0 Å². The summed E-state index contributed by atoms with van der Waals surface area (Å²) in [4.78, 5) is 14.0. The van der Waals surface area contributed by atoms with Gasteiger partial charge in [-0.25, -0.2) is 0 Å². The lowest BCUT2D eigenvalue weighted by Crippen LogP contribution is -2.07. The van der Waals surface area contributed by atoms with Gasteiger partial charge in [0.15, 0.2) is 5.78 Å². The Balaban J connectivity index is 2.82. The highest BCUT2D eigenvalue weighted by atomic mass is 16.1. The first-order valence-corrected chi connectivity index (χ1v) is 4.16. The summed E-state index contributed by atoms with van der Waals surface area (Å²) in [7, 11) is 0. The first-order chi connectivity index (χ1) is 6.77. The molecular formula is C9H10N4O.